The standard InChI is InChI=1S/C10H19NO/c1-3-10(12)11(2)9-7-5-4-6-8-9/h3,9-10,12H,1,4-8H2,2H3. The molecule has 12 heavy (non-hydrogen) atoms. The van der Waals surface area contributed by atoms with Gasteiger partial charge in [-0.1, -0.05) is 25.8 Å². The van der Waals surface area contributed by atoms with Gasteiger partial charge in [0.25, 0.3) is 0 Å². The molecule has 0 heterocycles. The molecule has 0 bridgehead atoms. The highest BCUT2D eigenvalue weighted by atomic mass is 16.3. The summed E-state index contributed by atoms with van der Waals surface area (Å²) in [7, 11) is 1.97. The molecular weight excluding hydrogens is 150 g/mol. The largest absolute Gasteiger partial charge is 0.375 e. The predicted octanol–water partition coefficient (Wildman–Crippen LogP) is 1.76. The number of nitrogens with zero attached hydrogens (tertiary/aromatic N) is 1. The van der Waals surface area contributed by atoms with Gasteiger partial charge in [0.15, 0.2) is 0 Å². The summed E-state index contributed by atoms with van der Waals surface area (Å²) in [5, 5.41) is 9.49. The fourth-order valence-corrected chi connectivity index (χ4v) is 1.87. The molecule has 0 aromatic carbocycles. The molecular formula is C10H19NO. The molecule has 1 aliphatic rings. The molecule has 0 aromatic heterocycles. The molecule has 0 saturated heterocycles. The predicted molar refractivity (Wildman–Crippen MR) is 50.8 cm³/mol. The average molecular weight is 169 g/mol. The van der Waals surface area contributed by atoms with E-state index in [0.29, 0.717) is 6.04 Å². The molecule has 0 radical (unpaired) electrons. The van der Waals surface area contributed by atoms with Gasteiger partial charge in [0.1, 0.15) is 6.23 Å². The molecule has 0 aliphatic heterocycles. The highest BCUT2D eigenvalue weighted by Gasteiger charge is 2.20. The fraction of sp³-hybridized carbons (Fsp3) is 0.800. The lowest BCUT2D eigenvalue weighted by molar-refractivity contribution is 0.0188. The minimum absolute atomic E-state index is 0.465. The second-order valence-corrected chi connectivity index (χ2v) is 3.61. The van der Waals surface area contributed by atoms with Crippen LogP contribution in [0, 0.1) is 0 Å². The van der Waals surface area contributed by atoms with Gasteiger partial charge in [-0.3, -0.25) is 4.90 Å². The van der Waals surface area contributed by atoms with Crippen molar-refractivity contribution in [1.82, 2.24) is 4.90 Å². The molecule has 0 aromatic rings. The van der Waals surface area contributed by atoms with E-state index in [1.54, 1.807) is 6.08 Å². The second-order valence-electron chi connectivity index (χ2n) is 3.61. The smallest absolute Gasteiger partial charge is 0.126 e. The monoisotopic (exact) mass is 169 g/mol. The summed E-state index contributed by atoms with van der Waals surface area (Å²) in [5.74, 6) is 0. The summed E-state index contributed by atoms with van der Waals surface area (Å²) in [6.45, 7) is 3.58. The van der Waals surface area contributed by atoms with Gasteiger partial charge < -0.3 is 5.11 Å². The van der Waals surface area contributed by atoms with Crippen LogP contribution in [-0.4, -0.2) is 29.3 Å². The maximum Gasteiger partial charge on any atom is 0.126 e. The quantitative estimate of drug-likeness (QED) is 0.514. The number of hydrogen-bond acceptors (Lipinski definition) is 2. The number of aliphatic hydroxyl groups excluding tert-OH is 1. The van der Waals surface area contributed by atoms with Crippen LogP contribution in [0.15, 0.2) is 12.7 Å². The third-order valence-corrected chi connectivity index (χ3v) is 2.78. The van der Waals surface area contributed by atoms with Crippen molar-refractivity contribution in [3.63, 3.8) is 0 Å². The first-order chi connectivity index (χ1) is 5.75. The van der Waals surface area contributed by atoms with Crippen molar-refractivity contribution in [1.29, 1.82) is 0 Å². The van der Waals surface area contributed by atoms with Crippen molar-refractivity contribution >= 4 is 0 Å². The van der Waals surface area contributed by atoms with E-state index in [4.69, 9.17) is 0 Å². The summed E-state index contributed by atoms with van der Waals surface area (Å²) >= 11 is 0. The molecule has 70 valence electrons. The van der Waals surface area contributed by atoms with Gasteiger partial charge in [-0.05, 0) is 26.0 Å². The Kier molecular flexibility index (Phi) is 3.76. The maximum absolute atomic E-state index is 9.49. The van der Waals surface area contributed by atoms with E-state index in [1.165, 1.54) is 32.1 Å². The second kappa shape index (κ2) is 4.63. The lowest BCUT2D eigenvalue weighted by Gasteiger charge is -2.33. The summed E-state index contributed by atoms with van der Waals surface area (Å²) < 4.78 is 0. The summed E-state index contributed by atoms with van der Waals surface area (Å²) in [4.78, 5) is 2.02. The van der Waals surface area contributed by atoms with Crippen LogP contribution in [0.5, 0.6) is 0 Å². The number of aliphatic hydroxyl groups is 1. The SMILES string of the molecule is C=CC(O)N(C)C1CCCCC1. The van der Waals surface area contributed by atoms with E-state index < -0.39 is 6.23 Å². The maximum atomic E-state index is 9.49. The van der Waals surface area contributed by atoms with Gasteiger partial charge in [0, 0.05) is 6.04 Å². The first-order valence-electron chi connectivity index (χ1n) is 4.78. The average Bonchev–Trinajstić information content (AvgIpc) is 2.17. The molecule has 1 N–H and O–H groups in total. The van der Waals surface area contributed by atoms with E-state index in [1.807, 2.05) is 11.9 Å². The molecule has 1 saturated carbocycles. The minimum Gasteiger partial charge on any atom is -0.375 e. The van der Waals surface area contributed by atoms with Crippen molar-refractivity contribution in [2.75, 3.05) is 7.05 Å². The first-order valence-corrected chi connectivity index (χ1v) is 4.78. The number of hydrogen-bond donors (Lipinski definition) is 1. The third-order valence-electron chi connectivity index (χ3n) is 2.78. The van der Waals surface area contributed by atoms with Crippen LogP contribution in [0.4, 0.5) is 0 Å². The van der Waals surface area contributed by atoms with Crippen LogP contribution < -0.4 is 0 Å². The summed E-state index contributed by atoms with van der Waals surface area (Å²) in [6.07, 6.45) is 7.54. The van der Waals surface area contributed by atoms with E-state index in [-0.39, 0.29) is 0 Å². The summed E-state index contributed by atoms with van der Waals surface area (Å²) in [5.41, 5.74) is 0. The van der Waals surface area contributed by atoms with E-state index in [2.05, 4.69) is 6.58 Å². The molecule has 2 nitrogen and oxygen atoms in total. The van der Waals surface area contributed by atoms with Crippen LogP contribution in [0.1, 0.15) is 32.1 Å². The van der Waals surface area contributed by atoms with Crippen molar-refractivity contribution in [3.8, 4) is 0 Å². The van der Waals surface area contributed by atoms with Gasteiger partial charge in [-0.15, -0.1) is 0 Å². The van der Waals surface area contributed by atoms with Gasteiger partial charge in [0.2, 0.25) is 0 Å². The topological polar surface area (TPSA) is 23.5 Å². The molecule has 0 spiro atoms. The molecule has 1 unspecified atom stereocenters. The number of rotatable bonds is 3. The van der Waals surface area contributed by atoms with Crippen molar-refractivity contribution < 1.29 is 5.11 Å². The van der Waals surface area contributed by atoms with Crippen molar-refractivity contribution in [2.24, 2.45) is 0 Å². The first kappa shape index (κ1) is 9.75. The molecule has 1 fully saturated rings. The van der Waals surface area contributed by atoms with E-state index >= 15 is 0 Å². The summed E-state index contributed by atoms with van der Waals surface area (Å²) in [6, 6.07) is 0.562. The van der Waals surface area contributed by atoms with Gasteiger partial charge >= 0.3 is 0 Å². The van der Waals surface area contributed by atoms with E-state index in [0.717, 1.165) is 0 Å². The Bertz CT molecular complexity index is 141. The highest BCUT2D eigenvalue weighted by molar-refractivity contribution is 4.83. The normalized spacial score (nSPS) is 22.6. The molecule has 1 rings (SSSR count). The zero-order chi connectivity index (χ0) is 8.97. The Morgan fingerprint density at radius 1 is 1.42 bits per heavy atom. The number of likely N-dealkylation sites (N-methyl/N-ethyl adjacent to an activating group) is 1. The minimum atomic E-state index is -0.465. The Morgan fingerprint density at radius 3 is 2.50 bits per heavy atom. The molecule has 0 amide bonds. The Balaban J connectivity index is 2.38. The van der Waals surface area contributed by atoms with Crippen LogP contribution in [0.2, 0.25) is 0 Å². The lowest BCUT2D eigenvalue weighted by atomic mass is 9.94. The third kappa shape index (κ3) is 2.32. The van der Waals surface area contributed by atoms with Crippen molar-refractivity contribution in [3.05, 3.63) is 12.7 Å². The molecule has 1 aliphatic carbocycles. The Morgan fingerprint density at radius 2 is 2.00 bits per heavy atom. The fourth-order valence-electron chi connectivity index (χ4n) is 1.87. The zero-order valence-corrected chi connectivity index (χ0v) is 7.87. The van der Waals surface area contributed by atoms with Crippen LogP contribution in [-0.2, 0) is 0 Å². The van der Waals surface area contributed by atoms with Gasteiger partial charge in [-0.25, -0.2) is 0 Å². The van der Waals surface area contributed by atoms with Crippen LogP contribution in [0.3, 0.4) is 0 Å². The van der Waals surface area contributed by atoms with E-state index in [9.17, 15) is 5.11 Å². The molecule has 2 heteroatoms. The van der Waals surface area contributed by atoms with Gasteiger partial charge in [0.05, 0.1) is 0 Å². The van der Waals surface area contributed by atoms with Crippen molar-refractivity contribution in [2.45, 2.75) is 44.4 Å². The highest BCUT2D eigenvalue weighted by Crippen LogP contribution is 2.22. The lowest BCUT2D eigenvalue weighted by Crippen LogP contribution is -2.40. The Labute approximate surface area is 74.9 Å². The Hall–Kier alpha value is -0.340. The molecule has 1 atom stereocenters. The van der Waals surface area contributed by atoms with Crippen LogP contribution >= 0.6 is 0 Å². The van der Waals surface area contributed by atoms with Crippen LogP contribution in [0.25, 0.3) is 0 Å². The van der Waals surface area contributed by atoms with Gasteiger partial charge in [-0.2, -0.15) is 0 Å². The zero-order valence-electron chi connectivity index (χ0n) is 7.87.